The molecule has 2 aromatic rings. The standard InChI is InChI=1S/C22H30N4O3S.HI/c1-16-4-7-21(30-16)18(26-8-12-27-13-9-26)15-24-22(23-2)25-17-5-6-19-20(14-17)29-11-3-10-28-19;/h4-7,14,18H,3,8-13,15H2,1-2H3,(H2,23,24,25);1H. The van der Waals surface area contributed by atoms with E-state index in [4.69, 9.17) is 14.2 Å². The van der Waals surface area contributed by atoms with Gasteiger partial charge in [-0.15, -0.1) is 35.3 Å². The number of nitrogens with one attached hydrogen (secondary N) is 2. The molecule has 0 bridgehead atoms. The third-order valence-corrected chi connectivity index (χ3v) is 6.37. The largest absolute Gasteiger partial charge is 0.490 e. The maximum absolute atomic E-state index is 5.80. The summed E-state index contributed by atoms with van der Waals surface area (Å²) in [5.74, 6) is 2.30. The van der Waals surface area contributed by atoms with E-state index >= 15 is 0 Å². The van der Waals surface area contributed by atoms with Crippen LogP contribution >= 0.6 is 35.3 Å². The van der Waals surface area contributed by atoms with E-state index in [1.54, 1.807) is 7.05 Å². The van der Waals surface area contributed by atoms with Gasteiger partial charge in [0.2, 0.25) is 0 Å². The van der Waals surface area contributed by atoms with Crippen molar-refractivity contribution in [1.29, 1.82) is 0 Å². The van der Waals surface area contributed by atoms with Crippen LogP contribution in [-0.2, 0) is 4.74 Å². The topological polar surface area (TPSA) is 67.4 Å². The normalized spacial score (nSPS) is 17.9. The zero-order valence-corrected chi connectivity index (χ0v) is 21.2. The lowest BCUT2D eigenvalue weighted by molar-refractivity contribution is 0.0177. The molecule has 0 spiro atoms. The average molecular weight is 558 g/mol. The van der Waals surface area contributed by atoms with Gasteiger partial charge in [0.1, 0.15) is 0 Å². The van der Waals surface area contributed by atoms with Gasteiger partial charge in [0.15, 0.2) is 17.5 Å². The van der Waals surface area contributed by atoms with Crippen LogP contribution in [0.3, 0.4) is 0 Å². The molecular weight excluding hydrogens is 527 g/mol. The smallest absolute Gasteiger partial charge is 0.195 e. The fraction of sp³-hybridized carbons (Fsp3) is 0.500. The van der Waals surface area contributed by atoms with Crippen molar-refractivity contribution < 1.29 is 14.2 Å². The molecule has 0 radical (unpaired) electrons. The third-order valence-electron chi connectivity index (χ3n) is 5.27. The molecule has 2 N–H and O–H groups in total. The number of ether oxygens (including phenoxy) is 3. The van der Waals surface area contributed by atoms with Crippen molar-refractivity contribution in [1.82, 2.24) is 10.2 Å². The SMILES string of the molecule is CN=C(NCC(c1ccc(C)s1)N1CCOCC1)Nc1ccc2c(c1)OCCCO2.I. The number of nitrogens with zero attached hydrogens (tertiary/aromatic N) is 2. The summed E-state index contributed by atoms with van der Waals surface area (Å²) in [5.41, 5.74) is 0.919. The molecule has 7 nitrogen and oxygen atoms in total. The molecule has 1 unspecified atom stereocenters. The highest BCUT2D eigenvalue weighted by molar-refractivity contribution is 14.0. The Hall–Kier alpha value is -1.56. The number of halogens is 1. The van der Waals surface area contributed by atoms with Crippen molar-refractivity contribution in [2.24, 2.45) is 4.99 Å². The Bertz CT molecular complexity index is 870. The fourth-order valence-corrected chi connectivity index (χ4v) is 4.69. The van der Waals surface area contributed by atoms with Crippen LogP contribution in [0, 0.1) is 6.92 Å². The average Bonchev–Trinajstić information content (AvgIpc) is 3.06. The summed E-state index contributed by atoms with van der Waals surface area (Å²) in [6.07, 6.45) is 0.895. The van der Waals surface area contributed by atoms with E-state index in [-0.39, 0.29) is 30.0 Å². The minimum atomic E-state index is 0. The molecule has 1 aromatic carbocycles. The van der Waals surface area contributed by atoms with Crippen molar-refractivity contribution in [2.45, 2.75) is 19.4 Å². The summed E-state index contributed by atoms with van der Waals surface area (Å²) in [6, 6.07) is 10.6. The Balaban J connectivity index is 0.00000272. The monoisotopic (exact) mass is 558 g/mol. The number of aliphatic imine (C=N–C) groups is 1. The zero-order valence-electron chi connectivity index (χ0n) is 18.1. The van der Waals surface area contributed by atoms with Gasteiger partial charge in [-0.1, -0.05) is 0 Å². The molecule has 9 heteroatoms. The highest BCUT2D eigenvalue weighted by Crippen LogP contribution is 2.32. The molecule has 2 aliphatic heterocycles. The van der Waals surface area contributed by atoms with Gasteiger partial charge >= 0.3 is 0 Å². The van der Waals surface area contributed by atoms with Crippen LogP contribution in [0.5, 0.6) is 11.5 Å². The van der Waals surface area contributed by atoms with Crippen LogP contribution < -0.4 is 20.1 Å². The first-order chi connectivity index (χ1) is 14.7. The highest BCUT2D eigenvalue weighted by atomic mass is 127. The van der Waals surface area contributed by atoms with E-state index in [2.05, 4.69) is 39.6 Å². The van der Waals surface area contributed by atoms with Gasteiger partial charge < -0.3 is 24.8 Å². The second-order valence-corrected chi connectivity index (χ2v) is 8.72. The van der Waals surface area contributed by atoms with Crippen molar-refractivity contribution in [3.8, 4) is 11.5 Å². The molecule has 31 heavy (non-hydrogen) atoms. The number of benzene rings is 1. The summed E-state index contributed by atoms with van der Waals surface area (Å²) in [6.45, 7) is 7.73. The number of rotatable bonds is 5. The summed E-state index contributed by atoms with van der Waals surface area (Å²) >= 11 is 1.86. The predicted molar refractivity (Wildman–Crippen MR) is 137 cm³/mol. The molecule has 0 aliphatic carbocycles. The number of thiophene rings is 1. The van der Waals surface area contributed by atoms with Gasteiger partial charge in [-0.05, 0) is 31.2 Å². The van der Waals surface area contributed by atoms with Crippen LogP contribution in [0.2, 0.25) is 0 Å². The van der Waals surface area contributed by atoms with Crippen LogP contribution in [0.15, 0.2) is 35.3 Å². The Kier molecular flexibility index (Phi) is 9.24. The third kappa shape index (κ3) is 6.47. The van der Waals surface area contributed by atoms with E-state index in [9.17, 15) is 0 Å². The van der Waals surface area contributed by atoms with Crippen molar-refractivity contribution in [3.63, 3.8) is 0 Å². The number of hydrogen-bond donors (Lipinski definition) is 2. The second-order valence-electron chi connectivity index (χ2n) is 7.40. The lowest BCUT2D eigenvalue weighted by atomic mass is 10.2. The number of hydrogen-bond acceptors (Lipinski definition) is 6. The van der Waals surface area contributed by atoms with Crippen LogP contribution in [0.1, 0.15) is 22.2 Å². The van der Waals surface area contributed by atoms with Crippen molar-refractivity contribution in [3.05, 3.63) is 40.1 Å². The van der Waals surface area contributed by atoms with Crippen LogP contribution in [-0.4, -0.2) is 64.0 Å². The summed E-state index contributed by atoms with van der Waals surface area (Å²) in [4.78, 5) is 9.60. The number of anilines is 1. The van der Waals surface area contributed by atoms with E-state index in [0.29, 0.717) is 13.2 Å². The molecule has 1 atom stereocenters. The zero-order chi connectivity index (χ0) is 20.8. The minimum Gasteiger partial charge on any atom is -0.490 e. The molecular formula is C22H31IN4O3S. The van der Waals surface area contributed by atoms with Gasteiger partial charge in [0.05, 0.1) is 32.5 Å². The van der Waals surface area contributed by atoms with Gasteiger partial charge in [-0.3, -0.25) is 9.89 Å². The Morgan fingerprint density at radius 2 is 1.87 bits per heavy atom. The minimum absolute atomic E-state index is 0. The first-order valence-corrected chi connectivity index (χ1v) is 11.3. The molecule has 4 rings (SSSR count). The second kappa shape index (κ2) is 11.9. The van der Waals surface area contributed by atoms with Crippen molar-refractivity contribution >= 4 is 47.0 Å². The molecule has 3 heterocycles. The molecule has 2 aliphatic rings. The maximum Gasteiger partial charge on any atom is 0.195 e. The highest BCUT2D eigenvalue weighted by Gasteiger charge is 2.24. The molecule has 170 valence electrons. The fourth-order valence-electron chi connectivity index (χ4n) is 3.68. The summed E-state index contributed by atoms with van der Waals surface area (Å²) < 4.78 is 17.1. The van der Waals surface area contributed by atoms with E-state index in [1.165, 1.54) is 9.75 Å². The van der Waals surface area contributed by atoms with Crippen molar-refractivity contribution in [2.75, 3.05) is 58.4 Å². The van der Waals surface area contributed by atoms with Gasteiger partial charge in [-0.25, -0.2) is 0 Å². The Morgan fingerprint density at radius 3 is 2.58 bits per heavy atom. The number of guanidine groups is 1. The van der Waals surface area contributed by atoms with Gasteiger partial charge in [-0.2, -0.15) is 0 Å². The lowest BCUT2D eigenvalue weighted by Crippen LogP contribution is -2.44. The van der Waals surface area contributed by atoms with Crippen LogP contribution in [0.25, 0.3) is 0 Å². The summed E-state index contributed by atoms with van der Waals surface area (Å²) in [5, 5.41) is 6.88. The molecule has 0 amide bonds. The Morgan fingerprint density at radius 1 is 1.10 bits per heavy atom. The first kappa shape index (κ1) is 24.1. The van der Waals surface area contributed by atoms with Crippen LogP contribution in [0.4, 0.5) is 5.69 Å². The van der Waals surface area contributed by atoms with Gasteiger partial charge in [0, 0.05) is 54.6 Å². The quantitative estimate of drug-likeness (QED) is 0.330. The maximum atomic E-state index is 5.80. The summed E-state index contributed by atoms with van der Waals surface area (Å²) in [7, 11) is 1.79. The van der Waals surface area contributed by atoms with E-state index in [1.807, 2.05) is 29.5 Å². The number of aryl methyl sites for hydroxylation is 1. The molecule has 1 aromatic heterocycles. The number of morpholine rings is 1. The molecule has 1 fully saturated rings. The first-order valence-electron chi connectivity index (χ1n) is 10.5. The number of fused-ring (bicyclic) bond motifs is 1. The Labute approximate surface area is 205 Å². The van der Waals surface area contributed by atoms with Gasteiger partial charge in [0.25, 0.3) is 0 Å². The lowest BCUT2D eigenvalue weighted by Gasteiger charge is -2.34. The molecule has 1 saturated heterocycles. The molecule has 0 saturated carbocycles. The van der Waals surface area contributed by atoms with E-state index in [0.717, 1.165) is 62.4 Å². The van der Waals surface area contributed by atoms with E-state index < -0.39 is 0 Å². The predicted octanol–water partition coefficient (Wildman–Crippen LogP) is 3.90.